The molecule has 0 radical (unpaired) electrons. The Kier molecular flexibility index (Phi) is 6.85. The fourth-order valence-electron chi connectivity index (χ4n) is 3.12. The molecule has 29 heavy (non-hydrogen) atoms. The third-order valence-corrected chi connectivity index (χ3v) is 6.07. The number of rotatable bonds is 5. The van der Waals surface area contributed by atoms with Crippen molar-refractivity contribution in [1.29, 1.82) is 0 Å². The van der Waals surface area contributed by atoms with Crippen molar-refractivity contribution in [1.82, 2.24) is 4.90 Å². The van der Waals surface area contributed by atoms with Crippen molar-refractivity contribution in [2.24, 2.45) is 0 Å². The van der Waals surface area contributed by atoms with Crippen LogP contribution in [0, 0.1) is 0 Å². The quantitative estimate of drug-likeness (QED) is 0.498. The Morgan fingerprint density at radius 1 is 1.14 bits per heavy atom. The maximum absolute atomic E-state index is 12.8. The summed E-state index contributed by atoms with van der Waals surface area (Å²) in [6.07, 6.45) is 2.16. The van der Waals surface area contributed by atoms with Gasteiger partial charge in [0.05, 0.1) is 4.91 Å². The van der Waals surface area contributed by atoms with E-state index in [0.717, 1.165) is 16.7 Å². The normalized spacial score (nSPS) is 16.8. The Balaban J connectivity index is 2.42. The molecule has 0 aromatic heterocycles. The second-order valence-electron chi connectivity index (χ2n) is 9.30. The number of aliphatic carboxylic acids is 1. The summed E-state index contributed by atoms with van der Waals surface area (Å²) in [5, 5.41) is 19.7. The van der Waals surface area contributed by atoms with Gasteiger partial charge in [0.15, 0.2) is 0 Å². The van der Waals surface area contributed by atoms with Crippen LogP contribution in [0.1, 0.15) is 71.1 Å². The number of carbonyl (C=O) groups is 2. The van der Waals surface area contributed by atoms with Crippen LogP contribution in [0.4, 0.5) is 0 Å². The van der Waals surface area contributed by atoms with E-state index in [0.29, 0.717) is 27.9 Å². The third-order valence-electron chi connectivity index (χ3n) is 4.69. The molecule has 0 saturated carbocycles. The lowest BCUT2D eigenvalue weighted by atomic mass is 9.78. The molecule has 0 unspecified atom stereocenters. The number of carbonyl (C=O) groups excluding carboxylic acids is 1. The van der Waals surface area contributed by atoms with E-state index in [9.17, 15) is 14.7 Å². The lowest BCUT2D eigenvalue weighted by molar-refractivity contribution is -0.137. The number of phenolic OH excluding ortho intramolecular Hbond substituents is 1. The molecule has 5 nitrogen and oxygen atoms in total. The maximum atomic E-state index is 12.8. The van der Waals surface area contributed by atoms with Gasteiger partial charge >= 0.3 is 5.97 Å². The minimum absolute atomic E-state index is 0.00203. The smallest absolute Gasteiger partial charge is 0.303 e. The highest BCUT2D eigenvalue weighted by atomic mass is 32.2. The summed E-state index contributed by atoms with van der Waals surface area (Å²) in [5.41, 5.74) is 1.97. The van der Waals surface area contributed by atoms with Gasteiger partial charge in [-0.25, -0.2) is 0 Å². The highest BCUT2D eigenvalue weighted by molar-refractivity contribution is 8.26. The summed E-state index contributed by atoms with van der Waals surface area (Å²) in [7, 11) is 0. The Morgan fingerprint density at radius 2 is 1.66 bits per heavy atom. The topological polar surface area (TPSA) is 77.8 Å². The van der Waals surface area contributed by atoms with Crippen molar-refractivity contribution < 1.29 is 19.8 Å². The molecular formula is C22H29NO4S2. The monoisotopic (exact) mass is 435 g/mol. The van der Waals surface area contributed by atoms with E-state index in [1.54, 1.807) is 6.08 Å². The lowest BCUT2D eigenvalue weighted by Gasteiger charge is -2.28. The zero-order chi connectivity index (χ0) is 22.1. The highest BCUT2D eigenvalue weighted by Crippen LogP contribution is 2.41. The summed E-state index contributed by atoms with van der Waals surface area (Å²) >= 11 is 6.55. The van der Waals surface area contributed by atoms with Crippen LogP contribution in [0.3, 0.4) is 0 Å². The molecule has 1 aliphatic rings. The number of carboxylic acid groups (broad SMARTS) is 1. The van der Waals surface area contributed by atoms with Crippen LogP contribution < -0.4 is 0 Å². The van der Waals surface area contributed by atoms with Gasteiger partial charge in [0.2, 0.25) is 0 Å². The van der Waals surface area contributed by atoms with E-state index in [4.69, 9.17) is 17.3 Å². The molecule has 1 aromatic carbocycles. The van der Waals surface area contributed by atoms with Crippen molar-refractivity contribution >= 4 is 46.3 Å². The Hall–Kier alpha value is -1.86. The molecule has 158 valence electrons. The number of benzene rings is 1. The molecule has 0 atom stereocenters. The standard InChI is InChI=1S/C22H29NO4S2/c1-21(2,3)14-10-13(11-15(18(14)26)22(4,5)6)12-16-19(27)23(20(28)29-16)9-7-8-17(24)25/h10-12,26H,7-9H2,1-6H3,(H,24,25). The highest BCUT2D eigenvalue weighted by Gasteiger charge is 2.32. The van der Waals surface area contributed by atoms with Gasteiger partial charge in [0, 0.05) is 24.1 Å². The second kappa shape index (κ2) is 8.48. The summed E-state index contributed by atoms with van der Waals surface area (Å²) < 4.78 is 0.442. The van der Waals surface area contributed by atoms with E-state index in [-0.39, 0.29) is 23.2 Å². The van der Waals surface area contributed by atoms with Crippen LogP contribution >= 0.6 is 24.0 Å². The fourth-order valence-corrected chi connectivity index (χ4v) is 4.42. The largest absolute Gasteiger partial charge is 0.507 e. The molecule has 1 aliphatic heterocycles. The number of hydrogen-bond donors (Lipinski definition) is 2. The predicted molar refractivity (Wildman–Crippen MR) is 122 cm³/mol. The number of amides is 1. The molecule has 1 saturated heterocycles. The van der Waals surface area contributed by atoms with Gasteiger partial charge in [-0.15, -0.1) is 0 Å². The molecule has 2 rings (SSSR count). The van der Waals surface area contributed by atoms with Gasteiger partial charge in [-0.1, -0.05) is 65.5 Å². The van der Waals surface area contributed by atoms with Gasteiger partial charge in [0.25, 0.3) is 5.91 Å². The molecule has 2 N–H and O–H groups in total. The van der Waals surface area contributed by atoms with E-state index >= 15 is 0 Å². The van der Waals surface area contributed by atoms with Gasteiger partial charge < -0.3 is 10.2 Å². The van der Waals surface area contributed by atoms with Crippen LogP contribution in [0.5, 0.6) is 5.75 Å². The summed E-state index contributed by atoms with van der Waals surface area (Å²) in [5.74, 6) is -0.795. The Bertz CT molecular complexity index is 841. The first-order valence-corrected chi connectivity index (χ1v) is 10.8. The third kappa shape index (κ3) is 5.60. The van der Waals surface area contributed by atoms with Crippen LogP contribution in [0.15, 0.2) is 17.0 Å². The van der Waals surface area contributed by atoms with Crippen LogP contribution in [0.25, 0.3) is 6.08 Å². The first-order chi connectivity index (χ1) is 13.2. The minimum Gasteiger partial charge on any atom is -0.507 e. The summed E-state index contributed by atoms with van der Waals surface area (Å²) in [6, 6.07) is 3.84. The molecule has 0 bridgehead atoms. The van der Waals surface area contributed by atoms with E-state index in [1.807, 2.05) is 53.7 Å². The van der Waals surface area contributed by atoms with Crippen molar-refractivity contribution in [3.63, 3.8) is 0 Å². The van der Waals surface area contributed by atoms with Crippen LogP contribution in [-0.4, -0.2) is 37.9 Å². The van der Waals surface area contributed by atoms with Crippen molar-refractivity contribution in [2.45, 2.75) is 65.2 Å². The number of hydrogen-bond acceptors (Lipinski definition) is 5. The summed E-state index contributed by atoms with van der Waals surface area (Å²) in [4.78, 5) is 25.5. The molecule has 1 heterocycles. The molecule has 0 aliphatic carbocycles. The van der Waals surface area contributed by atoms with Crippen molar-refractivity contribution in [2.75, 3.05) is 6.54 Å². The number of nitrogens with zero attached hydrogens (tertiary/aromatic N) is 1. The number of thioether (sulfide) groups is 1. The van der Waals surface area contributed by atoms with Gasteiger partial charge in [-0.3, -0.25) is 14.5 Å². The Morgan fingerprint density at radius 3 is 2.10 bits per heavy atom. The average Bonchev–Trinajstić information content (AvgIpc) is 2.81. The second-order valence-corrected chi connectivity index (χ2v) is 11.0. The number of aromatic hydroxyl groups is 1. The van der Waals surface area contributed by atoms with Crippen molar-refractivity contribution in [3.8, 4) is 5.75 Å². The SMILES string of the molecule is CC(C)(C)c1cc(C=C2SC(=S)N(CCCC(=O)O)C2=O)cc(C(C)(C)C)c1O. The van der Waals surface area contributed by atoms with Crippen LogP contribution in [0.2, 0.25) is 0 Å². The fraction of sp³-hybridized carbons (Fsp3) is 0.500. The molecule has 1 fully saturated rings. The first kappa shape index (κ1) is 23.4. The van der Waals surface area contributed by atoms with Crippen molar-refractivity contribution in [3.05, 3.63) is 33.7 Å². The molecule has 1 aromatic rings. The van der Waals surface area contributed by atoms with E-state index in [2.05, 4.69) is 0 Å². The summed E-state index contributed by atoms with van der Waals surface area (Å²) in [6.45, 7) is 12.5. The number of thiocarbonyl (C=S) groups is 1. The van der Waals surface area contributed by atoms with Gasteiger partial charge in [0.1, 0.15) is 10.1 Å². The molecule has 0 spiro atoms. The van der Waals surface area contributed by atoms with Crippen LogP contribution in [-0.2, 0) is 20.4 Å². The van der Waals surface area contributed by atoms with Gasteiger partial charge in [-0.05, 0) is 41.0 Å². The van der Waals surface area contributed by atoms with Gasteiger partial charge in [-0.2, -0.15) is 0 Å². The Labute approximate surface area is 182 Å². The van der Waals surface area contributed by atoms with E-state index < -0.39 is 5.97 Å². The maximum Gasteiger partial charge on any atom is 0.303 e. The molecule has 7 heteroatoms. The first-order valence-electron chi connectivity index (χ1n) is 9.57. The zero-order valence-electron chi connectivity index (χ0n) is 17.8. The molecule has 1 amide bonds. The predicted octanol–water partition coefficient (Wildman–Crippen LogP) is 5.05. The lowest BCUT2D eigenvalue weighted by Crippen LogP contribution is -2.29. The number of carboxylic acids is 1. The molecular weight excluding hydrogens is 406 g/mol. The van der Waals surface area contributed by atoms with E-state index in [1.165, 1.54) is 16.7 Å². The minimum atomic E-state index is -0.889. The average molecular weight is 436 g/mol. The zero-order valence-corrected chi connectivity index (χ0v) is 19.5. The number of phenols is 1.